The molecule has 1 N–H and O–H groups in total. The standard InChI is InChI=1S/C24H31N3O3/c1-16-22(17(2)27(26-16)14-18-6-4-3-5-7-18)13-25-23(28)15-30-24(29)12-21-11-19-8-9-20(21)10-19/h3-7,19-21H,8-15H2,1-2H3,(H,25,28). The van der Waals surface area contributed by atoms with Crippen molar-refractivity contribution in [3.8, 4) is 0 Å². The largest absolute Gasteiger partial charge is 0.456 e. The molecule has 0 spiro atoms. The molecule has 3 atom stereocenters. The third kappa shape index (κ3) is 4.74. The van der Waals surface area contributed by atoms with Crippen molar-refractivity contribution in [1.82, 2.24) is 15.1 Å². The van der Waals surface area contributed by atoms with Gasteiger partial charge in [0.2, 0.25) is 0 Å². The minimum Gasteiger partial charge on any atom is -0.456 e. The summed E-state index contributed by atoms with van der Waals surface area (Å²) in [5.74, 6) is 1.44. The second-order valence-electron chi connectivity index (χ2n) is 8.87. The third-order valence-electron chi connectivity index (χ3n) is 6.85. The van der Waals surface area contributed by atoms with E-state index in [2.05, 4.69) is 22.5 Å². The minimum atomic E-state index is -0.272. The van der Waals surface area contributed by atoms with Crippen molar-refractivity contribution >= 4 is 11.9 Å². The summed E-state index contributed by atoms with van der Waals surface area (Å²) in [4.78, 5) is 24.3. The second kappa shape index (κ2) is 9.02. The van der Waals surface area contributed by atoms with Crippen molar-refractivity contribution in [3.05, 3.63) is 52.8 Å². The fourth-order valence-corrected chi connectivity index (χ4v) is 5.18. The van der Waals surface area contributed by atoms with Gasteiger partial charge in [0, 0.05) is 24.2 Å². The van der Waals surface area contributed by atoms with Crippen molar-refractivity contribution in [3.63, 3.8) is 0 Å². The molecule has 6 nitrogen and oxygen atoms in total. The molecule has 2 saturated carbocycles. The van der Waals surface area contributed by atoms with Crippen LogP contribution in [0.5, 0.6) is 0 Å². The molecule has 30 heavy (non-hydrogen) atoms. The number of nitrogens with one attached hydrogen (secondary N) is 1. The van der Waals surface area contributed by atoms with Gasteiger partial charge < -0.3 is 10.1 Å². The van der Waals surface area contributed by atoms with Gasteiger partial charge in [-0.05, 0) is 56.4 Å². The molecule has 2 aliphatic rings. The highest BCUT2D eigenvalue weighted by molar-refractivity contribution is 5.80. The predicted molar refractivity (Wildman–Crippen MR) is 114 cm³/mol. The molecule has 2 fully saturated rings. The highest BCUT2D eigenvalue weighted by atomic mass is 16.5. The van der Waals surface area contributed by atoms with Gasteiger partial charge in [-0.3, -0.25) is 14.3 Å². The van der Waals surface area contributed by atoms with Crippen LogP contribution < -0.4 is 5.32 Å². The maximum absolute atomic E-state index is 12.2. The van der Waals surface area contributed by atoms with Crippen LogP contribution in [0, 0.1) is 31.6 Å². The Morgan fingerprint density at radius 3 is 2.67 bits per heavy atom. The number of esters is 1. The molecule has 6 heteroatoms. The van der Waals surface area contributed by atoms with E-state index in [1.165, 1.54) is 24.8 Å². The van der Waals surface area contributed by atoms with E-state index in [1.54, 1.807) is 0 Å². The van der Waals surface area contributed by atoms with Gasteiger partial charge in [0.05, 0.1) is 12.2 Å². The van der Waals surface area contributed by atoms with Crippen LogP contribution in [0.3, 0.4) is 0 Å². The Hall–Kier alpha value is -2.63. The molecule has 1 amide bonds. The van der Waals surface area contributed by atoms with Crippen molar-refractivity contribution in [1.29, 1.82) is 0 Å². The molecule has 2 aliphatic carbocycles. The quantitative estimate of drug-likeness (QED) is 0.677. The number of nitrogens with zero attached hydrogens (tertiary/aromatic N) is 2. The van der Waals surface area contributed by atoms with Crippen molar-refractivity contribution in [2.75, 3.05) is 6.61 Å². The number of aryl methyl sites for hydroxylation is 1. The van der Waals surface area contributed by atoms with E-state index in [4.69, 9.17) is 4.74 Å². The zero-order valence-corrected chi connectivity index (χ0v) is 17.9. The lowest BCUT2D eigenvalue weighted by atomic mass is 9.86. The Bertz CT molecular complexity index is 906. The smallest absolute Gasteiger partial charge is 0.306 e. The van der Waals surface area contributed by atoms with Gasteiger partial charge in [-0.15, -0.1) is 0 Å². The summed E-state index contributed by atoms with van der Waals surface area (Å²) in [6.07, 6.45) is 5.45. The lowest BCUT2D eigenvalue weighted by Crippen LogP contribution is -2.29. The Morgan fingerprint density at radius 2 is 1.97 bits per heavy atom. The van der Waals surface area contributed by atoms with Crippen LogP contribution in [-0.2, 0) is 27.4 Å². The van der Waals surface area contributed by atoms with Crippen LogP contribution in [0.25, 0.3) is 0 Å². The van der Waals surface area contributed by atoms with Crippen molar-refractivity contribution in [2.45, 2.75) is 59.0 Å². The van der Waals surface area contributed by atoms with Gasteiger partial charge in [-0.2, -0.15) is 5.10 Å². The van der Waals surface area contributed by atoms with E-state index in [-0.39, 0.29) is 18.5 Å². The normalized spacial score (nSPS) is 22.3. The van der Waals surface area contributed by atoms with E-state index >= 15 is 0 Å². The molecule has 1 aromatic carbocycles. The molecular formula is C24H31N3O3. The Labute approximate surface area is 178 Å². The molecule has 1 heterocycles. The van der Waals surface area contributed by atoms with Crippen LogP contribution in [-0.4, -0.2) is 28.3 Å². The molecule has 2 aromatic rings. The molecule has 0 aliphatic heterocycles. The van der Waals surface area contributed by atoms with E-state index in [9.17, 15) is 9.59 Å². The summed E-state index contributed by atoms with van der Waals surface area (Å²) in [7, 11) is 0. The molecular weight excluding hydrogens is 378 g/mol. The zero-order valence-electron chi connectivity index (χ0n) is 17.9. The topological polar surface area (TPSA) is 73.2 Å². The first-order chi connectivity index (χ1) is 14.5. The molecule has 1 aromatic heterocycles. The van der Waals surface area contributed by atoms with Crippen molar-refractivity contribution in [2.24, 2.45) is 17.8 Å². The van der Waals surface area contributed by atoms with E-state index < -0.39 is 0 Å². The van der Waals surface area contributed by atoms with Crippen LogP contribution >= 0.6 is 0 Å². The summed E-state index contributed by atoms with van der Waals surface area (Å²) < 4.78 is 7.19. The molecule has 160 valence electrons. The maximum Gasteiger partial charge on any atom is 0.306 e. The summed E-state index contributed by atoms with van der Waals surface area (Å²) in [5, 5.41) is 7.48. The SMILES string of the molecule is Cc1nn(Cc2ccccc2)c(C)c1CNC(=O)COC(=O)CC1CC2CCC1C2. The third-order valence-corrected chi connectivity index (χ3v) is 6.85. The number of carbonyl (C=O) groups excluding carboxylic acids is 2. The van der Waals surface area contributed by atoms with Gasteiger partial charge in [-0.25, -0.2) is 0 Å². The van der Waals surface area contributed by atoms with E-state index in [1.807, 2.05) is 36.7 Å². The first kappa shape index (κ1) is 20.6. The van der Waals surface area contributed by atoms with Crippen LogP contribution in [0.15, 0.2) is 30.3 Å². The first-order valence-corrected chi connectivity index (χ1v) is 11.0. The maximum atomic E-state index is 12.2. The summed E-state index contributed by atoms with van der Waals surface area (Å²) in [6, 6.07) is 10.2. The van der Waals surface area contributed by atoms with Crippen LogP contribution in [0.1, 0.15) is 54.6 Å². The number of aromatic nitrogens is 2. The average molecular weight is 410 g/mol. The lowest BCUT2D eigenvalue weighted by Gasteiger charge is -2.20. The van der Waals surface area contributed by atoms with Gasteiger partial charge in [0.25, 0.3) is 5.91 Å². The average Bonchev–Trinajstić information content (AvgIpc) is 3.42. The number of ether oxygens (including phenoxy) is 1. The van der Waals surface area contributed by atoms with Gasteiger partial charge >= 0.3 is 5.97 Å². The van der Waals surface area contributed by atoms with E-state index in [0.29, 0.717) is 31.3 Å². The Balaban J connectivity index is 1.23. The zero-order chi connectivity index (χ0) is 21.1. The van der Waals surface area contributed by atoms with Crippen molar-refractivity contribution < 1.29 is 14.3 Å². The number of carbonyl (C=O) groups is 2. The van der Waals surface area contributed by atoms with Crippen LogP contribution in [0.4, 0.5) is 0 Å². The molecule has 3 unspecified atom stereocenters. The highest BCUT2D eigenvalue weighted by Gasteiger charge is 2.40. The summed E-state index contributed by atoms with van der Waals surface area (Å²) in [5.41, 5.74) is 4.12. The summed E-state index contributed by atoms with van der Waals surface area (Å²) in [6.45, 7) is 4.83. The molecule has 2 bridgehead atoms. The number of hydrogen-bond acceptors (Lipinski definition) is 4. The highest BCUT2D eigenvalue weighted by Crippen LogP contribution is 2.49. The van der Waals surface area contributed by atoms with Gasteiger partial charge in [0.1, 0.15) is 0 Å². The predicted octanol–water partition coefficient (Wildman–Crippen LogP) is 3.53. The number of amides is 1. The molecule has 0 saturated heterocycles. The second-order valence-corrected chi connectivity index (χ2v) is 8.87. The number of rotatable bonds is 8. The Kier molecular flexibility index (Phi) is 6.21. The molecule has 0 radical (unpaired) electrons. The van der Waals surface area contributed by atoms with Crippen LogP contribution in [0.2, 0.25) is 0 Å². The minimum absolute atomic E-state index is 0.212. The number of fused-ring (bicyclic) bond motifs is 2. The number of hydrogen-bond donors (Lipinski definition) is 1. The fraction of sp³-hybridized carbons (Fsp3) is 0.542. The first-order valence-electron chi connectivity index (χ1n) is 11.0. The van der Waals surface area contributed by atoms with E-state index in [0.717, 1.165) is 29.3 Å². The molecule has 4 rings (SSSR count). The Morgan fingerprint density at radius 1 is 1.17 bits per heavy atom. The number of benzene rings is 1. The van der Waals surface area contributed by atoms with Gasteiger partial charge in [-0.1, -0.05) is 36.8 Å². The monoisotopic (exact) mass is 409 g/mol. The van der Waals surface area contributed by atoms with Gasteiger partial charge in [0.15, 0.2) is 6.61 Å². The lowest BCUT2D eigenvalue weighted by molar-refractivity contribution is -0.149. The fourth-order valence-electron chi connectivity index (χ4n) is 5.18. The summed E-state index contributed by atoms with van der Waals surface area (Å²) >= 11 is 0.